The van der Waals surface area contributed by atoms with Gasteiger partial charge in [0, 0.05) is 17.0 Å². The third-order valence-electron chi connectivity index (χ3n) is 6.28. The number of imidazole rings is 1. The Morgan fingerprint density at radius 3 is 2.49 bits per heavy atom. The summed E-state index contributed by atoms with van der Waals surface area (Å²) in [5, 5.41) is 2.66. The molecule has 0 saturated carbocycles. The Bertz CT molecular complexity index is 1260. The molecule has 0 spiro atoms. The van der Waals surface area contributed by atoms with Gasteiger partial charge in [-0.15, -0.1) is 12.6 Å². The van der Waals surface area contributed by atoms with Gasteiger partial charge in [0.25, 0.3) is 6.01 Å². The second-order valence-electron chi connectivity index (χ2n) is 9.57. The first kappa shape index (κ1) is 28.4. The average Bonchev–Trinajstić information content (AvgIpc) is 3.19. The molecule has 198 valence electrons. The van der Waals surface area contributed by atoms with Gasteiger partial charge in [0.1, 0.15) is 5.82 Å². The predicted molar refractivity (Wildman–Crippen MR) is 147 cm³/mol. The van der Waals surface area contributed by atoms with E-state index in [9.17, 15) is 9.59 Å². The summed E-state index contributed by atoms with van der Waals surface area (Å²) in [4.78, 5) is 29.2. The average molecular weight is 526 g/mol. The lowest BCUT2D eigenvalue weighted by atomic mass is 9.98. The number of thiol groups is 1. The van der Waals surface area contributed by atoms with E-state index < -0.39 is 5.82 Å². The highest BCUT2D eigenvalue weighted by atomic mass is 32.1. The maximum absolute atomic E-state index is 15.4. The Hall–Kier alpha value is -3.13. The lowest BCUT2D eigenvalue weighted by Crippen LogP contribution is -2.30. The van der Waals surface area contributed by atoms with E-state index in [4.69, 9.17) is 4.74 Å². The summed E-state index contributed by atoms with van der Waals surface area (Å²) < 4.78 is 23.0. The van der Waals surface area contributed by atoms with E-state index in [2.05, 4.69) is 36.8 Å². The predicted octanol–water partition coefficient (Wildman–Crippen LogP) is 6.07. The summed E-state index contributed by atoms with van der Waals surface area (Å²) in [5.74, 6) is -0.112. The van der Waals surface area contributed by atoms with Crippen molar-refractivity contribution in [1.29, 1.82) is 0 Å². The van der Waals surface area contributed by atoms with Crippen LogP contribution in [0.3, 0.4) is 0 Å². The number of hydrogen-bond acceptors (Lipinski definition) is 4. The summed E-state index contributed by atoms with van der Waals surface area (Å²) in [5.41, 5.74) is 3.68. The minimum atomic E-state index is -0.409. The molecule has 3 rings (SSSR count). The largest absolute Gasteiger partial charge is 0.465 e. The normalized spacial score (nSPS) is 12.0. The Labute approximate surface area is 224 Å². The molecule has 0 aliphatic heterocycles. The molecule has 1 atom stereocenters. The minimum absolute atomic E-state index is 0.0191. The van der Waals surface area contributed by atoms with Crippen LogP contribution in [0, 0.1) is 17.7 Å². The van der Waals surface area contributed by atoms with Crippen molar-refractivity contribution in [3.05, 3.63) is 70.8 Å². The van der Waals surface area contributed by atoms with Gasteiger partial charge in [-0.25, -0.2) is 4.39 Å². The lowest BCUT2D eigenvalue weighted by molar-refractivity contribution is -0.125. The number of nitrogens with zero attached hydrogens (tertiary/aromatic N) is 2. The maximum atomic E-state index is 15.4. The number of ether oxygens (including phenoxy) is 1. The van der Waals surface area contributed by atoms with Crippen molar-refractivity contribution < 1.29 is 18.7 Å². The molecule has 0 radical (unpaired) electrons. The van der Waals surface area contributed by atoms with Gasteiger partial charge in [-0.1, -0.05) is 58.0 Å². The van der Waals surface area contributed by atoms with Crippen molar-refractivity contribution >= 4 is 23.7 Å². The van der Waals surface area contributed by atoms with Crippen LogP contribution in [-0.4, -0.2) is 27.2 Å². The number of carbonyl (C=O) groups excluding carboxylic acids is 2. The minimum Gasteiger partial charge on any atom is -0.465 e. The van der Waals surface area contributed by atoms with Crippen molar-refractivity contribution in [2.75, 3.05) is 6.61 Å². The third kappa shape index (κ3) is 7.01. The Morgan fingerprint density at radius 2 is 1.86 bits per heavy atom. The van der Waals surface area contributed by atoms with E-state index >= 15 is 4.39 Å². The van der Waals surface area contributed by atoms with Crippen LogP contribution in [0.25, 0.3) is 11.1 Å². The first-order valence-electron chi connectivity index (χ1n) is 12.8. The molecule has 1 aromatic heterocycles. The Kier molecular flexibility index (Phi) is 9.92. The van der Waals surface area contributed by atoms with Crippen molar-refractivity contribution in [2.24, 2.45) is 11.8 Å². The zero-order chi connectivity index (χ0) is 27.1. The molecule has 0 aliphatic carbocycles. The number of benzene rings is 2. The van der Waals surface area contributed by atoms with Gasteiger partial charge in [-0.05, 0) is 48.9 Å². The number of nitrogens with one attached hydrogen (secondary N) is 1. The smallest absolute Gasteiger partial charge is 0.297 e. The summed E-state index contributed by atoms with van der Waals surface area (Å²) in [6.07, 6.45) is 1.45. The molecular formula is C29H36FN3O3S. The van der Waals surface area contributed by atoms with Crippen LogP contribution in [0.4, 0.5) is 4.39 Å². The highest BCUT2D eigenvalue weighted by Crippen LogP contribution is 2.28. The van der Waals surface area contributed by atoms with Gasteiger partial charge >= 0.3 is 0 Å². The number of rotatable bonds is 12. The standard InChI is InChI=1S/C29H36FN3O3S/c1-6-25-26(16-31-27(34)19(5)14-18(3)4)33(29(32-25)36-7-2)17-21-13-12-20(15-24(21)30)22-10-8-9-11-23(22)28(35)37/h8-13,15,18-19H,6-7,14,16-17H2,1-5H3,(H,31,34)(H,35,37)/t19-/m0/s1. The lowest BCUT2D eigenvalue weighted by Gasteiger charge is -2.17. The third-order valence-corrected chi connectivity index (χ3v) is 6.52. The molecule has 0 unspecified atom stereocenters. The first-order chi connectivity index (χ1) is 17.7. The van der Waals surface area contributed by atoms with Gasteiger partial charge in [0.2, 0.25) is 11.0 Å². The van der Waals surface area contributed by atoms with Crippen LogP contribution in [0.1, 0.15) is 68.3 Å². The molecule has 0 saturated heterocycles. The SMILES string of the molecule is CCOc1nc(CC)c(CNC(=O)[C@@H](C)CC(C)C)n1Cc1ccc(-c2ccccc2C(=O)S)cc1F. The number of halogens is 1. The molecule has 0 aliphatic rings. The molecule has 1 N–H and O–H groups in total. The quantitative estimate of drug-likeness (QED) is 0.282. The van der Waals surface area contributed by atoms with Gasteiger partial charge in [0.05, 0.1) is 31.1 Å². The fourth-order valence-corrected chi connectivity index (χ4v) is 4.68. The van der Waals surface area contributed by atoms with E-state index in [1.54, 1.807) is 36.4 Å². The van der Waals surface area contributed by atoms with Crippen LogP contribution < -0.4 is 10.1 Å². The zero-order valence-electron chi connectivity index (χ0n) is 22.2. The molecule has 1 amide bonds. The monoisotopic (exact) mass is 525 g/mol. The number of aryl methyl sites for hydroxylation is 1. The van der Waals surface area contributed by atoms with E-state index in [-0.39, 0.29) is 30.0 Å². The van der Waals surface area contributed by atoms with E-state index in [1.807, 2.05) is 25.3 Å². The summed E-state index contributed by atoms with van der Waals surface area (Å²) in [7, 11) is 0. The second kappa shape index (κ2) is 12.9. The summed E-state index contributed by atoms with van der Waals surface area (Å²) >= 11 is 3.95. The van der Waals surface area contributed by atoms with E-state index in [1.165, 1.54) is 6.07 Å². The maximum Gasteiger partial charge on any atom is 0.297 e. The molecule has 2 aromatic carbocycles. The van der Waals surface area contributed by atoms with Crippen LogP contribution in [0.15, 0.2) is 42.5 Å². The van der Waals surface area contributed by atoms with E-state index in [0.29, 0.717) is 47.2 Å². The highest BCUT2D eigenvalue weighted by Gasteiger charge is 2.21. The van der Waals surface area contributed by atoms with Gasteiger partial charge in [0.15, 0.2) is 0 Å². The van der Waals surface area contributed by atoms with Crippen LogP contribution >= 0.6 is 12.6 Å². The highest BCUT2D eigenvalue weighted by molar-refractivity contribution is 7.97. The molecule has 0 bridgehead atoms. The molecule has 0 fully saturated rings. The topological polar surface area (TPSA) is 73.2 Å². The van der Waals surface area contributed by atoms with E-state index in [0.717, 1.165) is 17.8 Å². The Morgan fingerprint density at radius 1 is 1.14 bits per heavy atom. The second-order valence-corrected chi connectivity index (χ2v) is 9.97. The van der Waals surface area contributed by atoms with Gasteiger partial charge in [-0.2, -0.15) is 4.98 Å². The first-order valence-corrected chi connectivity index (χ1v) is 13.2. The number of carbonyl (C=O) groups is 2. The van der Waals surface area contributed by atoms with Crippen LogP contribution in [-0.2, 0) is 24.3 Å². The van der Waals surface area contributed by atoms with Gasteiger partial charge in [-0.3, -0.25) is 14.2 Å². The summed E-state index contributed by atoms with van der Waals surface area (Å²) in [6, 6.07) is 12.3. The van der Waals surface area contributed by atoms with Crippen molar-refractivity contribution in [3.8, 4) is 17.1 Å². The van der Waals surface area contributed by atoms with Gasteiger partial charge < -0.3 is 10.1 Å². The Balaban J connectivity index is 1.92. The van der Waals surface area contributed by atoms with Crippen LogP contribution in [0.5, 0.6) is 6.01 Å². The van der Waals surface area contributed by atoms with Crippen LogP contribution in [0.2, 0.25) is 0 Å². The molecule has 1 heterocycles. The van der Waals surface area contributed by atoms with Crippen molar-refractivity contribution in [2.45, 2.75) is 60.5 Å². The van der Waals surface area contributed by atoms with Crippen molar-refractivity contribution in [3.63, 3.8) is 0 Å². The fraction of sp³-hybridized carbons (Fsp3) is 0.414. The fourth-order valence-electron chi connectivity index (χ4n) is 4.49. The molecular weight excluding hydrogens is 489 g/mol. The zero-order valence-corrected chi connectivity index (χ0v) is 23.1. The molecule has 6 nitrogen and oxygen atoms in total. The molecule has 8 heteroatoms. The number of hydrogen-bond donors (Lipinski definition) is 2. The van der Waals surface area contributed by atoms with Crippen molar-refractivity contribution in [1.82, 2.24) is 14.9 Å². The summed E-state index contributed by atoms with van der Waals surface area (Å²) in [6.45, 7) is 10.9. The number of aromatic nitrogens is 2. The molecule has 37 heavy (non-hydrogen) atoms. The molecule has 3 aromatic rings. The number of amides is 1.